The van der Waals surface area contributed by atoms with Crippen molar-refractivity contribution in [2.45, 2.75) is 0 Å². The molecule has 0 fully saturated rings. The van der Waals surface area contributed by atoms with Crippen LogP contribution in [0.25, 0.3) is 0 Å². The van der Waals surface area contributed by atoms with Crippen molar-refractivity contribution in [3.63, 3.8) is 0 Å². The molecule has 0 aliphatic rings. The van der Waals surface area contributed by atoms with Gasteiger partial charge in [-0.1, -0.05) is 0 Å². The summed E-state index contributed by atoms with van der Waals surface area (Å²) in [6.07, 6.45) is 0. The summed E-state index contributed by atoms with van der Waals surface area (Å²) in [5.41, 5.74) is 0. The summed E-state index contributed by atoms with van der Waals surface area (Å²) in [7, 11) is 0. The number of hydrogen-bond acceptors (Lipinski definition) is 0. The molecule has 0 heterocycles. The monoisotopic (exact) mass is 418 g/mol. The Morgan fingerprint density at radius 3 is 1.00 bits per heavy atom. The van der Waals surface area contributed by atoms with E-state index in [2.05, 4.69) is 0 Å². The van der Waals surface area contributed by atoms with E-state index in [1.807, 2.05) is 0 Å². The van der Waals surface area contributed by atoms with E-state index in [1.54, 1.807) is 0 Å². The van der Waals surface area contributed by atoms with Gasteiger partial charge in [-0.2, -0.15) is 0 Å². The summed E-state index contributed by atoms with van der Waals surface area (Å²) >= 11 is 0. The third-order valence-corrected chi connectivity index (χ3v) is 0. The van der Waals surface area contributed by atoms with Gasteiger partial charge in [0.1, 0.15) is 0 Å². The SMILES string of the molecule is [AlH3].[Ce].[Gd].[MgH2].[Zn]. The van der Waals surface area contributed by atoms with Crippen LogP contribution in [0.2, 0.25) is 0 Å². The van der Waals surface area contributed by atoms with Crippen LogP contribution in [0.5, 0.6) is 0 Å². The van der Waals surface area contributed by atoms with Crippen LogP contribution in [0, 0.1) is 81.7 Å². The average Bonchev–Trinajstić information content (AvgIpc) is 0. The predicted octanol–water partition coefficient (Wildman–Crippen LogP) is -2.10. The van der Waals surface area contributed by atoms with Gasteiger partial charge >= 0.3 is 23.1 Å². The molecule has 0 unspecified atom stereocenters. The van der Waals surface area contributed by atoms with Crippen LogP contribution >= 0.6 is 0 Å². The quantitative estimate of drug-likeness (QED) is 0.395. The van der Waals surface area contributed by atoms with Crippen molar-refractivity contribution in [3.8, 4) is 0 Å². The second-order valence-corrected chi connectivity index (χ2v) is 0. The number of rotatable bonds is 0. The van der Waals surface area contributed by atoms with E-state index in [1.165, 1.54) is 0 Å². The fraction of sp³-hybridized carbons (Fsp3) is 0. The molecule has 5 heavy (non-hydrogen) atoms. The standard InChI is InChI=1S/Al.Ce.Gd.Mg.Zn.5H. The summed E-state index contributed by atoms with van der Waals surface area (Å²) in [6, 6.07) is 0. The third kappa shape index (κ3) is 17.7. The van der Waals surface area contributed by atoms with E-state index in [9.17, 15) is 0 Å². The van der Waals surface area contributed by atoms with Crippen LogP contribution < -0.4 is 0 Å². The first-order chi connectivity index (χ1) is 0. The fourth-order valence-corrected chi connectivity index (χ4v) is 0. The second kappa shape index (κ2) is 23.4. The van der Waals surface area contributed by atoms with Crippen LogP contribution in [-0.2, 0) is 19.5 Å². The zero-order chi connectivity index (χ0) is 0. The zero-order valence-electron chi connectivity index (χ0n) is 1.56. The first kappa shape index (κ1) is 33.5. The zero-order valence-corrected chi connectivity index (χ0v) is 9.94. The second-order valence-electron chi connectivity index (χ2n) is 0. The Labute approximate surface area is 137 Å². The molecule has 0 atom stereocenters. The summed E-state index contributed by atoms with van der Waals surface area (Å²) in [4.78, 5) is 0. The summed E-state index contributed by atoms with van der Waals surface area (Å²) in [5.74, 6) is 0. The van der Waals surface area contributed by atoms with Crippen molar-refractivity contribution in [3.05, 3.63) is 0 Å². The van der Waals surface area contributed by atoms with Gasteiger partial charge in [-0.15, -0.1) is 0 Å². The molecule has 0 N–H and O–H groups in total. The molecule has 0 nitrogen and oxygen atoms in total. The normalized spacial score (nSPS) is 0. The molecule has 0 aromatic carbocycles. The Bertz CT molecular complexity index is 11.6. The molecular weight excluding hydrogens is 414 g/mol. The van der Waals surface area contributed by atoms with Gasteiger partial charge in [0.15, 0.2) is 17.4 Å². The average molecular weight is 419 g/mol. The Morgan fingerprint density at radius 2 is 1.00 bits per heavy atom. The molecule has 0 radical (unpaired) electrons. The van der Waals surface area contributed by atoms with Crippen molar-refractivity contribution in [2.24, 2.45) is 0 Å². The topological polar surface area (TPSA) is 0 Å². The Hall–Kier alpha value is 4.62. The van der Waals surface area contributed by atoms with E-state index < -0.39 is 0 Å². The largest absolute Gasteiger partial charge is 0.316 e. The maximum atomic E-state index is 0. The molecule has 0 saturated carbocycles. The first-order valence-corrected chi connectivity index (χ1v) is 0. The molecule has 5 heteroatoms. The van der Waals surface area contributed by atoms with E-state index in [0.717, 1.165) is 0 Å². The van der Waals surface area contributed by atoms with E-state index in [4.69, 9.17) is 0 Å². The fourth-order valence-electron chi connectivity index (χ4n) is 0. The van der Waals surface area contributed by atoms with Gasteiger partial charge in [-0.25, -0.2) is 0 Å². The van der Waals surface area contributed by atoms with Gasteiger partial charge in [0.2, 0.25) is 0 Å². The smallest absolute Gasteiger partial charge is 0 e. The Kier molecular flexibility index (Phi) is 157. The number of hydrogen-bond donors (Lipinski definition) is 0. The summed E-state index contributed by atoms with van der Waals surface area (Å²) in [6.45, 7) is 0. The van der Waals surface area contributed by atoms with Crippen molar-refractivity contribution < 1.29 is 101 Å². The minimum Gasteiger partial charge on any atom is 0 e. The molecule has 0 aromatic heterocycles. The molecule has 24 valence electrons. The van der Waals surface area contributed by atoms with Gasteiger partial charge in [-0.3, -0.25) is 0 Å². The minimum absolute atomic E-state index is 0. The van der Waals surface area contributed by atoms with Crippen LogP contribution in [-0.4, -0.2) is 40.4 Å². The van der Waals surface area contributed by atoms with Gasteiger partial charge in [-0.05, 0) is 0 Å². The molecular formula is H5AlCeGdMgZn. The molecule has 0 aliphatic carbocycles. The van der Waals surface area contributed by atoms with Gasteiger partial charge in [0.25, 0.3) is 0 Å². The first-order valence-electron chi connectivity index (χ1n) is 0. The van der Waals surface area contributed by atoms with Crippen LogP contribution in [0.15, 0.2) is 0 Å². The molecule has 0 aromatic rings. The van der Waals surface area contributed by atoms with Crippen LogP contribution in [0.4, 0.5) is 0 Å². The van der Waals surface area contributed by atoms with Crippen molar-refractivity contribution in [2.75, 3.05) is 0 Å². The summed E-state index contributed by atoms with van der Waals surface area (Å²) in [5, 5.41) is 0. The molecule has 0 rings (SSSR count). The maximum Gasteiger partial charge on any atom is 0.316 e. The van der Waals surface area contributed by atoms with E-state index >= 15 is 0 Å². The molecule has 0 spiro atoms. The maximum absolute atomic E-state index is 0. The molecule has 0 amide bonds. The summed E-state index contributed by atoms with van der Waals surface area (Å²) < 4.78 is 0. The molecule has 0 saturated heterocycles. The van der Waals surface area contributed by atoms with Crippen molar-refractivity contribution in [1.82, 2.24) is 0 Å². The predicted molar refractivity (Wildman–Crippen MR) is 18.5 cm³/mol. The van der Waals surface area contributed by atoms with Gasteiger partial charge < -0.3 is 0 Å². The van der Waals surface area contributed by atoms with Gasteiger partial charge in [0.05, 0.1) is 0 Å². The Morgan fingerprint density at radius 1 is 1.00 bits per heavy atom. The molecule has 0 bridgehead atoms. The minimum atomic E-state index is 0. The van der Waals surface area contributed by atoms with Crippen LogP contribution in [0.3, 0.4) is 0 Å². The Balaban J connectivity index is 0. The third-order valence-electron chi connectivity index (χ3n) is 0. The van der Waals surface area contributed by atoms with Crippen molar-refractivity contribution >= 4 is 40.4 Å². The molecule has 0 aliphatic heterocycles. The van der Waals surface area contributed by atoms with Gasteiger partial charge in [0, 0.05) is 101 Å². The van der Waals surface area contributed by atoms with Crippen LogP contribution in [0.1, 0.15) is 0 Å². The van der Waals surface area contributed by atoms with Crippen molar-refractivity contribution in [1.29, 1.82) is 0 Å². The van der Waals surface area contributed by atoms with E-state index in [-0.39, 0.29) is 142 Å². The van der Waals surface area contributed by atoms with E-state index in [0.29, 0.717) is 0 Å².